The molecule has 0 fully saturated rings. The Bertz CT molecular complexity index is 3300. The Balaban J connectivity index is 1.09. The van der Waals surface area contributed by atoms with Crippen LogP contribution in [-0.4, -0.2) is 9.13 Å². The number of hydrogen-bond acceptors (Lipinski definition) is 0. The van der Waals surface area contributed by atoms with Crippen LogP contribution in [0.25, 0.3) is 93.7 Å². The minimum atomic E-state index is 0.353. The van der Waals surface area contributed by atoms with Crippen LogP contribution in [-0.2, 0) is 0 Å². The number of hydrogen-bond donors (Lipinski definition) is 0. The van der Waals surface area contributed by atoms with E-state index >= 15 is 0 Å². The van der Waals surface area contributed by atoms with Gasteiger partial charge in [0, 0.05) is 49.2 Å². The SMILES string of the molecule is C1=CC2C(n3c4ccccc4c4cc(-c5ccc6c(c5)c5ccccc5n6-c5c6ccccc6cc6ccccc56)ccc43)=c3ccccc3=CC2CC1. The van der Waals surface area contributed by atoms with E-state index in [1.165, 1.54) is 105 Å². The van der Waals surface area contributed by atoms with Crippen molar-refractivity contribution in [1.82, 2.24) is 9.13 Å². The van der Waals surface area contributed by atoms with Crippen molar-refractivity contribution >= 4 is 76.9 Å². The summed E-state index contributed by atoms with van der Waals surface area (Å²) >= 11 is 0. The molecule has 54 heavy (non-hydrogen) atoms. The van der Waals surface area contributed by atoms with Crippen LogP contribution in [0.4, 0.5) is 0 Å². The molecule has 0 saturated carbocycles. The van der Waals surface area contributed by atoms with Gasteiger partial charge in [0.25, 0.3) is 0 Å². The third-order valence-electron chi connectivity index (χ3n) is 12.3. The van der Waals surface area contributed by atoms with Crippen molar-refractivity contribution in [2.24, 2.45) is 11.8 Å². The molecule has 0 radical (unpaired) electrons. The third kappa shape index (κ3) is 4.22. The van der Waals surface area contributed by atoms with Crippen LogP contribution in [0.2, 0.25) is 0 Å². The van der Waals surface area contributed by atoms with E-state index in [-0.39, 0.29) is 0 Å². The van der Waals surface area contributed by atoms with Crippen LogP contribution in [0.3, 0.4) is 0 Å². The van der Waals surface area contributed by atoms with E-state index in [2.05, 4.69) is 191 Å². The van der Waals surface area contributed by atoms with Crippen molar-refractivity contribution in [3.05, 3.63) is 186 Å². The molecule has 2 nitrogen and oxygen atoms in total. The second-order valence-corrected chi connectivity index (χ2v) is 15.2. The van der Waals surface area contributed by atoms with E-state index in [1.807, 2.05) is 0 Å². The van der Waals surface area contributed by atoms with Crippen LogP contribution in [0, 0.1) is 11.8 Å². The van der Waals surface area contributed by atoms with Gasteiger partial charge in [0.1, 0.15) is 0 Å². The Kier molecular flexibility index (Phi) is 6.32. The van der Waals surface area contributed by atoms with Crippen molar-refractivity contribution in [2.75, 3.05) is 0 Å². The number of benzene rings is 8. The minimum absolute atomic E-state index is 0.353. The molecule has 2 aliphatic carbocycles. The molecule has 0 N–H and O–H groups in total. The first-order chi connectivity index (χ1) is 26.8. The van der Waals surface area contributed by atoms with Gasteiger partial charge in [0.05, 0.1) is 27.8 Å². The third-order valence-corrected chi connectivity index (χ3v) is 12.3. The largest absolute Gasteiger partial charge is 0.312 e. The molecular weight excluding hydrogens is 653 g/mol. The van der Waals surface area contributed by atoms with Crippen LogP contribution < -0.4 is 10.4 Å². The van der Waals surface area contributed by atoms with Crippen molar-refractivity contribution < 1.29 is 0 Å². The number of rotatable bonds is 3. The molecule has 254 valence electrons. The van der Waals surface area contributed by atoms with Gasteiger partial charge in [0.2, 0.25) is 0 Å². The van der Waals surface area contributed by atoms with E-state index in [1.54, 1.807) is 0 Å². The summed E-state index contributed by atoms with van der Waals surface area (Å²) in [6, 6.07) is 61.0. The summed E-state index contributed by atoms with van der Waals surface area (Å²) < 4.78 is 5.08. The topological polar surface area (TPSA) is 9.86 Å². The number of para-hydroxylation sites is 2. The molecule has 0 amide bonds. The minimum Gasteiger partial charge on any atom is -0.312 e. The fraction of sp³-hybridized carbons (Fsp3) is 0.0769. The second-order valence-electron chi connectivity index (χ2n) is 15.2. The van der Waals surface area contributed by atoms with E-state index in [4.69, 9.17) is 0 Å². The molecule has 2 atom stereocenters. The summed E-state index contributed by atoms with van der Waals surface area (Å²) in [5.41, 5.74) is 10.1. The first-order valence-corrected chi connectivity index (χ1v) is 19.3. The zero-order valence-electron chi connectivity index (χ0n) is 29.8. The predicted molar refractivity (Wildman–Crippen MR) is 229 cm³/mol. The Morgan fingerprint density at radius 2 is 0.981 bits per heavy atom. The maximum atomic E-state index is 2.58. The van der Waals surface area contributed by atoms with Gasteiger partial charge in [-0.3, -0.25) is 0 Å². The zero-order chi connectivity index (χ0) is 35.3. The second kappa shape index (κ2) is 11.4. The average molecular weight is 689 g/mol. The fourth-order valence-corrected chi connectivity index (χ4v) is 9.93. The molecular formula is C52H36N2. The number of aromatic nitrogens is 2. The van der Waals surface area contributed by atoms with E-state index in [0.29, 0.717) is 11.8 Å². The van der Waals surface area contributed by atoms with Crippen molar-refractivity contribution in [3.8, 4) is 16.8 Å². The quantitative estimate of drug-likeness (QED) is 0.129. The molecule has 0 spiro atoms. The molecule has 8 aromatic carbocycles. The Labute approximate surface area is 312 Å². The van der Waals surface area contributed by atoms with Gasteiger partial charge in [-0.25, -0.2) is 0 Å². The van der Waals surface area contributed by atoms with Crippen LogP contribution in [0.1, 0.15) is 12.8 Å². The Morgan fingerprint density at radius 1 is 0.444 bits per heavy atom. The highest BCUT2D eigenvalue weighted by atomic mass is 15.0. The van der Waals surface area contributed by atoms with Crippen LogP contribution in [0.5, 0.6) is 0 Å². The fourth-order valence-electron chi connectivity index (χ4n) is 9.93. The lowest BCUT2D eigenvalue weighted by atomic mass is 9.77. The maximum absolute atomic E-state index is 2.58. The van der Waals surface area contributed by atoms with Gasteiger partial charge < -0.3 is 9.13 Å². The van der Waals surface area contributed by atoms with Gasteiger partial charge >= 0.3 is 0 Å². The van der Waals surface area contributed by atoms with Crippen molar-refractivity contribution in [2.45, 2.75) is 12.8 Å². The Morgan fingerprint density at radius 3 is 1.67 bits per heavy atom. The first-order valence-electron chi connectivity index (χ1n) is 19.3. The standard InChI is InChI=1S/C52H36N2/c1-5-17-39-35(13-1)29-36-14-2-6-18-40(36)51(39)53-47-23-11-9-21-43(47)45-31-33(25-27-49(45)53)34-26-28-50-46(32-34)44-22-10-12-24-48(44)54(50)52-41-19-7-3-15-37(41)30-38-16-4-8-20-42(38)52/h1-3,5-15,17-32,38,42H,4,16H2. The molecule has 2 heteroatoms. The highest BCUT2D eigenvalue weighted by Gasteiger charge is 2.30. The lowest BCUT2D eigenvalue weighted by molar-refractivity contribution is 0.515. The van der Waals surface area contributed by atoms with Crippen molar-refractivity contribution in [3.63, 3.8) is 0 Å². The smallest absolute Gasteiger partial charge is 0.0618 e. The average Bonchev–Trinajstić information content (AvgIpc) is 3.73. The van der Waals surface area contributed by atoms with E-state index < -0.39 is 0 Å². The van der Waals surface area contributed by atoms with Crippen molar-refractivity contribution in [1.29, 1.82) is 0 Å². The molecule has 2 aromatic heterocycles. The first kappa shape index (κ1) is 29.9. The number of nitrogens with zero attached hydrogens (tertiary/aromatic N) is 2. The molecule has 2 heterocycles. The summed E-state index contributed by atoms with van der Waals surface area (Å²) in [5.74, 6) is 0.863. The molecule has 0 bridgehead atoms. The molecule has 12 rings (SSSR count). The highest BCUT2D eigenvalue weighted by molar-refractivity contribution is 6.16. The summed E-state index contributed by atoms with van der Waals surface area (Å²) in [5, 5.41) is 12.9. The van der Waals surface area contributed by atoms with Crippen LogP contribution in [0.15, 0.2) is 176 Å². The molecule has 2 aliphatic rings. The summed E-state index contributed by atoms with van der Waals surface area (Å²) in [6.45, 7) is 0. The van der Waals surface area contributed by atoms with Gasteiger partial charge in [0.15, 0.2) is 0 Å². The summed E-state index contributed by atoms with van der Waals surface area (Å²) in [4.78, 5) is 0. The number of allylic oxidation sites excluding steroid dienone is 2. The van der Waals surface area contributed by atoms with Crippen LogP contribution >= 0.6 is 0 Å². The molecule has 2 unspecified atom stereocenters. The summed E-state index contributed by atoms with van der Waals surface area (Å²) in [6.07, 6.45) is 9.72. The van der Waals surface area contributed by atoms with Gasteiger partial charge in [-0.2, -0.15) is 0 Å². The van der Waals surface area contributed by atoms with E-state index in [9.17, 15) is 0 Å². The summed E-state index contributed by atoms with van der Waals surface area (Å²) in [7, 11) is 0. The maximum Gasteiger partial charge on any atom is 0.0618 e. The zero-order valence-corrected chi connectivity index (χ0v) is 29.8. The molecule has 10 aromatic rings. The van der Waals surface area contributed by atoms with Gasteiger partial charge in [-0.05, 0) is 88.3 Å². The number of fused-ring (bicyclic) bond motifs is 10. The highest BCUT2D eigenvalue weighted by Crippen LogP contribution is 2.43. The van der Waals surface area contributed by atoms with Gasteiger partial charge in [-0.15, -0.1) is 0 Å². The lowest BCUT2D eigenvalue weighted by Gasteiger charge is -2.32. The monoisotopic (exact) mass is 688 g/mol. The molecule has 0 saturated heterocycles. The van der Waals surface area contributed by atoms with Gasteiger partial charge in [-0.1, -0.05) is 140 Å². The Hall–Kier alpha value is -6.64. The lowest BCUT2D eigenvalue weighted by Crippen LogP contribution is -2.39. The predicted octanol–water partition coefficient (Wildman–Crippen LogP) is 11.9. The normalized spacial score (nSPS) is 16.8. The van der Waals surface area contributed by atoms with E-state index in [0.717, 1.165) is 6.42 Å². The molecule has 0 aliphatic heterocycles.